The van der Waals surface area contributed by atoms with Gasteiger partial charge in [-0.25, -0.2) is 0 Å². The molecule has 15 heavy (non-hydrogen) atoms. The van der Waals surface area contributed by atoms with Crippen molar-refractivity contribution in [2.75, 3.05) is 13.1 Å². The largest absolute Gasteiger partial charge is 0.374 e. The second-order valence-electron chi connectivity index (χ2n) is 3.95. The molecule has 0 bridgehead atoms. The number of aliphatic imine (C=N–C) groups is 1. The first-order chi connectivity index (χ1) is 7.45. The third kappa shape index (κ3) is 3.67. The van der Waals surface area contributed by atoms with Crippen molar-refractivity contribution in [3.8, 4) is 0 Å². The Kier molecular flexibility index (Phi) is 4.21. The first kappa shape index (κ1) is 10.7. The summed E-state index contributed by atoms with van der Waals surface area (Å²) in [6.07, 6.45) is 6.14. The molecule has 0 saturated carbocycles. The maximum atomic E-state index is 4.55. The first-order valence-corrected chi connectivity index (χ1v) is 6.68. The van der Waals surface area contributed by atoms with Crippen LogP contribution in [0.5, 0.6) is 0 Å². The van der Waals surface area contributed by atoms with Crippen LogP contribution in [-0.2, 0) is 6.42 Å². The van der Waals surface area contributed by atoms with Crippen molar-refractivity contribution in [2.24, 2.45) is 4.99 Å². The molecule has 1 N–H and O–H groups in total. The molecule has 2 rings (SSSR count). The van der Waals surface area contributed by atoms with Crippen LogP contribution in [0.2, 0.25) is 0 Å². The molecule has 0 aliphatic carbocycles. The van der Waals surface area contributed by atoms with Gasteiger partial charge in [-0.05, 0) is 41.7 Å². The van der Waals surface area contributed by atoms with Crippen LogP contribution in [0.3, 0.4) is 0 Å². The lowest BCUT2D eigenvalue weighted by atomic mass is 10.2. The van der Waals surface area contributed by atoms with E-state index in [1.807, 2.05) is 0 Å². The minimum atomic E-state index is 1.01. The van der Waals surface area contributed by atoms with E-state index in [2.05, 4.69) is 27.1 Å². The van der Waals surface area contributed by atoms with E-state index in [4.69, 9.17) is 0 Å². The van der Waals surface area contributed by atoms with Crippen molar-refractivity contribution in [2.45, 2.75) is 32.1 Å². The zero-order chi connectivity index (χ0) is 10.3. The molecule has 1 aromatic heterocycles. The average Bonchev–Trinajstić information content (AvgIpc) is 2.62. The number of nitrogens with zero attached hydrogens (tertiary/aromatic N) is 1. The molecular formula is C12H18N2S. The van der Waals surface area contributed by atoms with E-state index >= 15 is 0 Å². The Labute approximate surface area is 95.4 Å². The summed E-state index contributed by atoms with van der Waals surface area (Å²) in [5.74, 6) is 1.22. The third-order valence-corrected chi connectivity index (χ3v) is 3.43. The maximum Gasteiger partial charge on any atom is 0.0963 e. The second kappa shape index (κ2) is 5.91. The number of nitrogens with one attached hydrogen (secondary N) is 1. The van der Waals surface area contributed by atoms with Crippen molar-refractivity contribution in [1.82, 2.24) is 5.32 Å². The van der Waals surface area contributed by atoms with Gasteiger partial charge in [0.05, 0.1) is 5.84 Å². The van der Waals surface area contributed by atoms with Crippen molar-refractivity contribution < 1.29 is 0 Å². The lowest BCUT2D eigenvalue weighted by molar-refractivity contribution is 0.728. The van der Waals surface area contributed by atoms with Gasteiger partial charge in [-0.15, -0.1) is 0 Å². The van der Waals surface area contributed by atoms with Gasteiger partial charge in [0, 0.05) is 19.5 Å². The SMILES string of the molecule is c1cc(CCNC2=NCCCCC2)cs1. The lowest BCUT2D eigenvalue weighted by Gasteiger charge is -2.07. The van der Waals surface area contributed by atoms with Crippen molar-refractivity contribution in [3.63, 3.8) is 0 Å². The van der Waals surface area contributed by atoms with Crippen LogP contribution in [-0.4, -0.2) is 18.9 Å². The van der Waals surface area contributed by atoms with Gasteiger partial charge in [-0.1, -0.05) is 6.42 Å². The predicted molar refractivity (Wildman–Crippen MR) is 66.8 cm³/mol. The van der Waals surface area contributed by atoms with Gasteiger partial charge in [-0.2, -0.15) is 11.3 Å². The highest BCUT2D eigenvalue weighted by atomic mass is 32.1. The highest BCUT2D eigenvalue weighted by Gasteiger charge is 2.03. The highest BCUT2D eigenvalue weighted by Crippen LogP contribution is 2.07. The van der Waals surface area contributed by atoms with Gasteiger partial charge in [0.2, 0.25) is 0 Å². The van der Waals surface area contributed by atoms with Crippen LogP contribution >= 0.6 is 11.3 Å². The summed E-state index contributed by atoms with van der Waals surface area (Å²) in [5.41, 5.74) is 1.43. The topological polar surface area (TPSA) is 24.4 Å². The number of thiophene rings is 1. The number of hydrogen-bond acceptors (Lipinski definition) is 3. The predicted octanol–water partition coefficient (Wildman–Crippen LogP) is 2.85. The fourth-order valence-electron chi connectivity index (χ4n) is 1.80. The molecule has 1 aromatic rings. The van der Waals surface area contributed by atoms with Crippen LogP contribution in [0.4, 0.5) is 0 Å². The van der Waals surface area contributed by atoms with Crippen molar-refractivity contribution in [1.29, 1.82) is 0 Å². The fraction of sp³-hybridized carbons (Fsp3) is 0.583. The van der Waals surface area contributed by atoms with Crippen LogP contribution in [0.15, 0.2) is 21.8 Å². The molecule has 0 saturated heterocycles. The van der Waals surface area contributed by atoms with E-state index in [1.165, 1.54) is 30.7 Å². The molecule has 0 atom stereocenters. The zero-order valence-electron chi connectivity index (χ0n) is 9.04. The Bertz CT molecular complexity index is 303. The zero-order valence-corrected chi connectivity index (χ0v) is 9.85. The molecule has 2 heterocycles. The standard InChI is InChI=1S/C12H18N2S/c1-2-4-12(13-7-3-1)14-8-5-11-6-9-15-10-11/h6,9-10H,1-5,7-8H2,(H,13,14). The quantitative estimate of drug-likeness (QED) is 0.835. The summed E-state index contributed by atoms with van der Waals surface area (Å²) in [7, 11) is 0. The third-order valence-electron chi connectivity index (χ3n) is 2.70. The van der Waals surface area contributed by atoms with Crippen molar-refractivity contribution in [3.05, 3.63) is 22.4 Å². The molecule has 0 radical (unpaired) electrons. The summed E-state index contributed by atoms with van der Waals surface area (Å²) in [4.78, 5) is 4.55. The smallest absolute Gasteiger partial charge is 0.0963 e. The highest BCUT2D eigenvalue weighted by molar-refractivity contribution is 7.07. The Morgan fingerprint density at radius 3 is 3.20 bits per heavy atom. The monoisotopic (exact) mass is 222 g/mol. The molecular weight excluding hydrogens is 204 g/mol. The second-order valence-corrected chi connectivity index (χ2v) is 4.73. The van der Waals surface area contributed by atoms with Crippen LogP contribution < -0.4 is 5.32 Å². The Morgan fingerprint density at radius 2 is 2.33 bits per heavy atom. The number of hydrogen-bond donors (Lipinski definition) is 1. The van der Waals surface area contributed by atoms with E-state index in [1.54, 1.807) is 11.3 Å². The van der Waals surface area contributed by atoms with E-state index in [9.17, 15) is 0 Å². The van der Waals surface area contributed by atoms with Crippen LogP contribution in [0, 0.1) is 0 Å². The fourth-order valence-corrected chi connectivity index (χ4v) is 2.51. The lowest BCUT2D eigenvalue weighted by Crippen LogP contribution is -2.25. The molecule has 0 fully saturated rings. The van der Waals surface area contributed by atoms with Crippen LogP contribution in [0.1, 0.15) is 31.2 Å². The summed E-state index contributed by atoms with van der Waals surface area (Å²) < 4.78 is 0. The summed E-state index contributed by atoms with van der Waals surface area (Å²) in [5, 5.41) is 7.81. The molecule has 2 nitrogen and oxygen atoms in total. The molecule has 82 valence electrons. The summed E-state index contributed by atoms with van der Waals surface area (Å²) >= 11 is 1.77. The number of amidine groups is 1. The minimum absolute atomic E-state index is 1.01. The van der Waals surface area contributed by atoms with Crippen molar-refractivity contribution >= 4 is 17.2 Å². The Morgan fingerprint density at radius 1 is 1.33 bits per heavy atom. The Balaban J connectivity index is 1.70. The van der Waals surface area contributed by atoms with E-state index in [0.29, 0.717) is 0 Å². The summed E-state index contributed by atoms with van der Waals surface area (Å²) in [6.45, 7) is 2.04. The van der Waals surface area contributed by atoms with Gasteiger partial charge < -0.3 is 5.32 Å². The molecule has 1 aliphatic rings. The van der Waals surface area contributed by atoms with E-state index < -0.39 is 0 Å². The van der Waals surface area contributed by atoms with E-state index in [-0.39, 0.29) is 0 Å². The molecule has 3 heteroatoms. The van der Waals surface area contributed by atoms with E-state index in [0.717, 1.165) is 25.9 Å². The molecule has 0 spiro atoms. The Hall–Kier alpha value is -0.830. The first-order valence-electron chi connectivity index (χ1n) is 5.73. The average molecular weight is 222 g/mol. The van der Waals surface area contributed by atoms with Gasteiger partial charge in [0.15, 0.2) is 0 Å². The van der Waals surface area contributed by atoms with Crippen LogP contribution in [0.25, 0.3) is 0 Å². The normalized spacial score (nSPS) is 16.9. The minimum Gasteiger partial charge on any atom is -0.374 e. The van der Waals surface area contributed by atoms with Gasteiger partial charge in [0.25, 0.3) is 0 Å². The van der Waals surface area contributed by atoms with Gasteiger partial charge in [-0.3, -0.25) is 4.99 Å². The molecule has 0 aromatic carbocycles. The molecule has 0 amide bonds. The van der Waals surface area contributed by atoms with Gasteiger partial charge >= 0.3 is 0 Å². The summed E-state index contributed by atoms with van der Waals surface area (Å²) in [6, 6.07) is 2.20. The molecule has 1 aliphatic heterocycles. The van der Waals surface area contributed by atoms with Gasteiger partial charge in [0.1, 0.15) is 0 Å². The number of rotatable bonds is 3. The molecule has 0 unspecified atom stereocenters. The maximum absolute atomic E-state index is 4.55.